The van der Waals surface area contributed by atoms with Gasteiger partial charge >= 0.3 is 0 Å². The number of hydrogen-bond donors (Lipinski definition) is 1. The van der Waals surface area contributed by atoms with Crippen LogP contribution in [0.5, 0.6) is 0 Å². The first kappa shape index (κ1) is 15.5. The Kier molecular flexibility index (Phi) is 3.96. The lowest BCUT2D eigenvalue weighted by molar-refractivity contribution is 0.597. The van der Waals surface area contributed by atoms with Crippen LogP contribution in [0.1, 0.15) is 27.6 Å². The molecule has 22 heavy (non-hydrogen) atoms. The van der Waals surface area contributed by atoms with Gasteiger partial charge in [-0.05, 0) is 44.4 Å². The molecule has 1 aliphatic heterocycles. The number of primary sulfonamides is 1. The van der Waals surface area contributed by atoms with Gasteiger partial charge in [-0.1, -0.05) is 6.07 Å². The molecule has 1 aromatic heterocycles. The summed E-state index contributed by atoms with van der Waals surface area (Å²) in [6.45, 7) is 5.70. The molecule has 2 aromatic rings. The molecule has 2 N–H and O–H groups in total. The predicted octanol–water partition coefficient (Wildman–Crippen LogP) is 2.36. The average Bonchev–Trinajstić information content (AvgIpc) is 2.76. The van der Waals surface area contributed by atoms with Gasteiger partial charge in [0, 0.05) is 17.1 Å². The number of sulfonamides is 1. The number of rotatable bonds is 3. The summed E-state index contributed by atoms with van der Waals surface area (Å²) >= 11 is 1.70. The van der Waals surface area contributed by atoms with Gasteiger partial charge in [-0.3, -0.25) is 0 Å². The van der Waals surface area contributed by atoms with Crippen LogP contribution in [0.2, 0.25) is 0 Å². The monoisotopic (exact) mass is 337 g/mol. The molecular weight excluding hydrogens is 318 g/mol. The molecule has 0 atom stereocenters. The van der Waals surface area contributed by atoms with E-state index in [2.05, 4.69) is 9.88 Å². The van der Waals surface area contributed by atoms with E-state index in [1.54, 1.807) is 23.5 Å². The maximum atomic E-state index is 11.6. The van der Waals surface area contributed by atoms with E-state index in [4.69, 9.17) is 5.14 Å². The molecule has 2 heterocycles. The van der Waals surface area contributed by atoms with Gasteiger partial charge in [-0.15, -0.1) is 11.3 Å². The highest BCUT2D eigenvalue weighted by Crippen LogP contribution is 2.32. The SMILES string of the molecule is Cc1nc(C)c(CN2CCCc3ccc(S(N)(=O)=O)cc32)s1. The normalized spacial score (nSPS) is 15.0. The maximum absolute atomic E-state index is 11.6. The van der Waals surface area contributed by atoms with Gasteiger partial charge in [-0.25, -0.2) is 18.5 Å². The number of fused-ring (bicyclic) bond motifs is 1. The van der Waals surface area contributed by atoms with Crippen LogP contribution in [0.4, 0.5) is 5.69 Å². The molecule has 0 radical (unpaired) electrons. The molecule has 0 unspecified atom stereocenters. The lowest BCUT2D eigenvalue weighted by Gasteiger charge is -2.31. The third-order valence-electron chi connectivity index (χ3n) is 3.93. The second-order valence-corrected chi connectivity index (χ2v) is 8.45. The summed E-state index contributed by atoms with van der Waals surface area (Å²) in [5.41, 5.74) is 3.21. The van der Waals surface area contributed by atoms with Gasteiger partial charge in [0.05, 0.1) is 22.1 Å². The first-order valence-corrected chi connectivity index (χ1v) is 9.54. The fourth-order valence-corrected chi connectivity index (χ4v) is 4.35. The van der Waals surface area contributed by atoms with Crippen molar-refractivity contribution in [3.63, 3.8) is 0 Å². The van der Waals surface area contributed by atoms with Crippen molar-refractivity contribution in [1.29, 1.82) is 0 Å². The molecular formula is C15H19N3O2S2. The zero-order valence-electron chi connectivity index (χ0n) is 12.7. The molecule has 1 aromatic carbocycles. The summed E-state index contributed by atoms with van der Waals surface area (Å²) in [4.78, 5) is 8.10. The van der Waals surface area contributed by atoms with E-state index in [1.807, 2.05) is 19.9 Å². The largest absolute Gasteiger partial charge is 0.366 e. The van der Waals surface area contributed by atoms with Gasteiger partial charge in [0.2, 0.25) is 10.0 Å². The summed E-state index contributed by atoms with van der Waals surface area (Å²) in [6.07, 6.45) is 2.04. The Morgan fingerprint density at radius 2 is 2.14 bits per heavy atom. The lowest BCUT2D eigenvalue weighted by atomic mass is 10.0. The highest BCUT2D eigenvalue weighted by molar-refractivity contribution is 7.89. The first-order valence-electron chi connectivity index (χ1n) is 7.18. The predicted molar refractivity (Wildman–Crippen MR) is 88.8 cm³/mol. The zero-order chi connectivity index (χ0) is 15.9. The van der Waals surface area contributed by atoms with E-state index in [0.29, 0.717) is 0 Å². The Hall–Kier alpha value is -1.44. The van der Waals surface area contributed by atoms with Crippen LogP contribution in [-0.4, -0.2) is 19.9 Å². The molecule has 0 saturated heterocycles. The molecule has 0 spiro atoms. The second kappa shape index (κ2) is 5.64. The Bertz CT molecular complexity index is 812. The maximum Gasteiger partial charge on any atom is 0.238 e. The van der Waals surface area contributed by atoms with Crippen molar-refractivity contribution >= 4 is 27.0 Å². The van der Waals surface area contributed by atoms with Crippen molar-refractivity contribution in [2.24, 2.45) is 5.14 Å². The van der Waals surface area contributed by atoms with Crippen molar-refractivity contribution in [1.82, 2.24) is 4.98 Å². The number of nitrogens with two attached hydrogens (primary N) is 1. The molecule has 7 heteroatoms. The summed E-state index contributed by atoms with van der Waals surface area (Å²) < 4.78 is 23.2. The highest BCUT2D eigenvalue weighted by Gasteiger charge is 2.21. The smallest absolute Gasteiger partial charge is 0.238 e. The van der Waals surface area contributed by atoms with Gasteiger partial charge < -0.3 is 4.90 Å². The summed E-state index contributed by atoms with van der Waals surface area (Å²) in [5, 5.41) is 6.32. The third kappa shape index (κ3) is 3.02. The quantitative estimate of drug-likeness (QED) is 0.933. The number of benzene rings is 1. The second-order valence-electron chi connectivity index (χ2n) is 5.60. The van der Waals surface area contributed by atoms with E-state index in [1.165, 1.54) is 10.4 Å². The van der Waals surface area contributed by atoms with Crippen LogP contribution in [-0.2, 0) is 23.0 Å². The van der Waals surface area contributed by atoms with Gasteiger partial charge in [0.15, 0.2) is 0 Å². The molecule has 118 valence electrons. The Morgan fingerprint density at radius 3 is 2.77 bits per heavy atom. The number of aryl methyl sites for hydroxylation is 3. The van der Waals surface area contributed by atoms with Crippen LogP contribution < -0.4 is 10.0 Å². The highest BCUT2D eigenvalue weighted by atomic mass is 32.2. The standard InChI is InChI=1S/C15H19N3O2S2/c1-10-15(21-11(2)17-10)9-18-7-3-4-12-5-6-13(8-14(12)18)22(16,19)20/h5-6,8H,3-4,7,9H2,1-2H3,(H2,16,19,20). The van der Waals surface area contributed by atoms with Gasteiger partial charge in [0.25, 0.3) is 0 Å². The first-order chi connectivity index (χ1) is 10.3. The van der Waals surface area contributed by atoms with Crippen molar-refractivity contribution in [3.05, 3.63) is 39.3 Å². The summed E-state index contributed by atoms with van der Waals surface area (Å²) in [5.74, 6) is 0. The number of anilines is 1. The van der Waals surface area contributed by atoms with Crippen molar-refractivity contribution in [3.8, 4) is 0 Å². The molecule has 0 aliphatic carbocycles. The van der Waals surface area contributed by atoms with Crippen molar-refractivity contribution < 1.29 is 8.42 Å². The molecule has 0 amide bonds. The Labute approximate surface area is 134 Å². The third-order valence-corrected chi connectivity index (χ3v) is 5.90. The van der Waals surface area contributed by atoms with Crippen LogP contribution in [0.25, 0.3) is 0 Å². The molecule has 0 bridgehead atoms. The van der Waals surface area contributed by atoms with E-state index < -0.39 is 10.0 Å². The minimum Gasteiger partial charge on any atom is -0.366 e. The van der Waals surface area contributed by atoms with Crippen LogP contribution in [0, 0.1) is 13.8 Å². The molecule has 5 nitrogen and oxygen atoms in total. The molecule has 0 saturated carbocycles. The van der Waals surface area contributed by atoms with Crippen LogP contribution >= 0.6 is 11.3 Å². The summed E-state index contributed by atoms with van der Waals surface area (Å²) in [7, 11) is -3.67. The van der Waals surface area contributed by atoms with Crippen molar-refractivity contribution in [2.75, 3.05) is 11.4 Å². The number of thiazole rings is 1. The van der Waals surface area contributed by atoms with Crippen LogP contribution in [0.3, 0.4) is 0 Å². The van der Waals surface area contributed by atoms with E-state index in [-0.39, 0.29) is 4.90 Å². The topological polar surface area (TPSA) is 76.3 Å². The van der Waals surface area contributed by atoms with Gasteiger partial charge in [-0.2, -0.15) is 0 Å². The van der Waals surface area contributed by atoms with E-state index >= 15 is 0 Å². The molecule has 1 aliphatic rings. The average molecular weight is 337 g/mol. The van der Waals surface area contributed by atoms with Gasteiger partial charge in [0.1, 0.15) is 0 Å². The number of aromatic nitrogens is 1. The minimum absolute atomic E-state index is 0.176. The summed E-state index contributed by atoms with van der Waals surface area (Å²) in [6, 6.07) is 5.18. The van der Waals surface area contributed by atoms with Crippen molar-refractivity contribution in [2.45, 2.75) is 38.1 Å². The van der Waals surface area contributed by atoms with E-state index in [9.17, 15) is 8.42 Å². The molecule has 3 rings (SSSR count). The number of hydrogen-bond acceptors (Lipinski definition) is 5. The fourth-order valence-electron chi connectivity index (χ4n) is 2.86. The number of nitrogens with zero attached hydrogens (tertiary/aromatic N) is 2. The fraction of sp³-hybridized carbons (Fsp3) is 0.400. The van der Waals surface area contributed by atoms with Crippen LogP contribution in [0.15, 0.2) is 23.1 Å². The zero-order valence-corrected chi connectivity index (χ0v) is 14.3. The minimum atomic E-state index is -3.67. The Morgan fingerprint density at radius 1 is 1.36 bits per heavy atom. The Balaban J connectivity index is 1.98. The molecule has 0 fully saturated rings. The lowest BCUT2D eigenvalue weighted by Crippen LogP contribution is -2.29. The van der Waals surface area contributed by atoms with E-state index in [0.717, 1.165) is 42.3 Å².